The average molecular weight is 322 g/mol. The van der Waals surface area contributed by atoms with Crippen LogP contribution in [0.1, 0.15) is 5.56 Å². The Balaban J connectivity index is 0.00000112. The molecule has 4 heteroatoms. The molecule has 0 N–H and O–H groups in total. The van der Waals surface area contributed by atoms with Gasteiger partial charge < -0.3 is 17.0 Å². The van der Waals surface area contributed by atoms with Crippen LogP contribution < -0.4 is 21.1 Å². The molecular weight excluding hydrogens is 307 g/mol. The maximum atomic E-state index is 5.33. The van der Waals surface area contributed by atoms with E-state index >= 15 is 0 Å². The number of rotatable bonds is 2. The van der Waals surface area contributed by atoms with E-state index in [0.717, 1.165) is 32.8 Å². The molecule has 1 heterocycles. The van der Waals surface area contributed by atoms with Gasteiger partial charge in [0, 0.05) is 0 Å². The van der Waals surface area contributed by atoms with Crippen LogP contribution in [0.25, 0.3) is 0 Å². The molecule has 1 aromatic carbocycles. The number of nitrogens with zero attached hydrogens (tertiary/aromatic N) is 1. The zero-order valence-electron chi connectivity index (χ0n) is 8.79. The van der Waals surface area contributed by atoms with E-state index in [1.807, 2.05) is 0 Å². The van der Waals surface area contributed by atoms with E-state index in [1.54, 1.807) is 0 Å². The van der Waals surface area contributed by atoms with E-state index in [0.29, 0.717) is 0 Å². The first-order valence-corrected chi connectivity index (χ1v) is 6.54. The van der Waals surface area contributed by atoms with Gasteiger partial charge >= 0.3 is 94.8 Å². The van der Waals surface area contributed by atoms with Crippen LogP contribution in [0.2, 0.25) is 0 Å². The molecule has 1 saturated heterocycles. The average Bonchev–Trinajstić information content (AvgIpc) is 2.19. The molecule has 0 unspecified atom stereocenters. The van der Waals surface area contributed by atoms with Crippen molar-refractivity contribution in [2.45, 2.75) is 6.54 Å². The molecule has 2 nitrogen and oxygen atoms in total. The Hall–Kier alpha value is 0.243. The van der Waals surface area contributed by atoms with Crippen LogP contribution in [-0.2, 0) is 29.6 Å². The molecule has 0 spiro atoms. The summed E-state index contributed by atoms with van der Waals surface area (Å²) >= 11 is 1.25. The predicted octanol–water partition coefficient (Wildman–Crippen LogP) is -2.31. The molecular formula is C11H14BrNOZn. The topological polar surface area (TPSA) is 12.5 Å². The van der Waals surface area contributed by atoms with Crippen molar-refractivity contribution in [3.63, 3.8) is 0 Å². The van der Waals surface area contributed by atoms with Gasteiger partial charge in [0.1, 0.15) is 0 Å². The minimum absolute atomic E-state index is 0. The van der Waals surface area contributed by atoms with E-state index in [4.69, 9.17) is 4.74 Å². The van der Waals surface area contributed by atoms with Gasteiger partial charge in [-0.2, -0.15) is 0 Å². The van der Waals surface area contributed by atoms with Crippen LogP contribution in [0.5, 0.6) is 0 Å². The SMILES string of the molecule is [Br-].[Zn+][c]1cccc(CN2CCOCC2)c1. The first-order valence-electron chi connectivity index (χ1n) is 5.05. The number of hydrogen-bond donors (Lipinski definition) is 0. The number of morpholine rings is 1. The monoisotopic (exact) mass is 319 g/mol. The van der Waals surface area contributed by atoms with Gasteiger partial charge in [0.25, 0.3) is 0 Å². The molecule has 0 atom stereocenters. The number of ether oxygens (including phenoxy) is 1. The van der Waals surface area contributed by atoms with Gasteiger partial charge in [-0.1, -0.05) is 0 Å². The van der Waals surface area contributed by atoms with Crippen LogP contribution in [0.3, 0.4) is 0 Å². The summed E-state index contributed by atoms with van der Waals surface area (Å²) < 4.78 is 6.79. The van der Waals surface area contributed by atoms with Crippen molar-refractivity contribution in [1.82, 2.24) is 4.90 Å². The minimum atomic E-state index is 0. The normalized spacial score (nSPS) is 17.2. The number of hydrogen-bond acceptors (Lipinski definition) is 2. The molecule has 0 bridgehead atoms. The zero-order chi connectivity index (χ0) is 9.80. The van der Waals surface area contributed by atoms with Crippen LogP contribution in [0, 0.1) is 0 Å². The van der Waals surface area contributed by atoms with E-state index in [1.165, 1.54) is 28.0 Å². The van der Waals surface area contributed by atoms with Gasteiger partial charge in [-0.05, 0) is 0 Å². The third kappa shape index (κ3) is 4.32. The van der Waals surface area contributed by atoms with Gasteiger partial charge in [-0.3, -0.25) is 0 Å². The molecule has 0 amide bonds. The Bertz CT molecular complexity index is 302. The van der Waals surface area contributed by atoms with E-state index < -0.39 is 0 Å². The third-order valence-corrected chi connectivity index (χ3v) is 3.42. The first kappa shape index (κ1) is 13.3. The third-order valence-electron chi connectivity index (χ3n) is 2.50. The second-order valence-electron chi connectivity index (χ2n) is 3.71. The van der Waals surface area contributed by atoms with E-state index in [2.05, 4.69) is 29.2 Å². The molecule has 78 valence electrons. The fraction of sp³-hybridized carbons (Fsp3) is 0.455. The molecule has 15 heavy (non-hydrogen) atoms. The molecule has 1 aromatic rings. The maximum absolute atomic E-state index is 5.33. The molecule has 0 aliphatic carbocycles. The second kappa shape index (κ2) is 6.75. The van der Waals surface area contributed by atoms with Crippen molar-refractivity contribution in [3.8, 4) is 0 Å². The van der Waals surface area contributed by atoms with Gasteiger partial charge in [0.15, 0.2) is 0 Å². The second-order valence-corrected chi connectivity index (χ2v) is 5.42. The number of benzene rings is 1. The van der Waals surface area contributed by atoms with Gasteiger partial charge in [-0.25, -0.2) is 0 Å². The predicted molar refractivity (Wildman–Crippen MR) is 52.2 cm³/mol. The summed E-state index contributed by atoms with van der Waals surface area (Å²) in [6.45, 7) is 5.00. The Morgan fingerprint density at radius 2 is 2.00 bits per heavy atom. The fourth-order valence-corrected chi connectivity index (χ4v) is 2.58. The summed E-state index contributed by atoms with van der Waals surface area (Å²) in [5, 5.41) is 0. The van der Waals surface area contributed by atoms with Crippen molar-refractivity contribution >= 4 is 4.16 Å². The Labute approximate surface area is 111 Å². The van der Waals surface area contributed by atoms with Crippen LogP contribution in [0.4, 0.5) is 0 Å². The Morgan fingerprint density at radius 1 is 1.27 bits per heavy atom. The summed E-state index contributed by atoms with van der Waals surface area (Å²) in [6.07, 6.45) is 0. The Kier molecular flexibility index (Phi) is 5.99. The summed E-state index contributed by atoms with van der Waals surface area (Å²) in [5.41, 5.74) is 1.44. The molecule has 1 aliphatic heterocycles. The molecule has 0 saturated carbocycles. The van der Waals surface area contributed by atoms with Crippen molar-refractivity contribution in [2.75, 3.05) is 26.3 Å². The number of halogens is 1. The molecule has 0 aromatic heterocycles. The van der Waals surface area contributed by atoms with Crippen LogP contribution in [-0.4, -0.2) is 31.2 Å². The quantitative estimate of drug-likeness (QED) is 0.568. The van der Waals surface area contributed by atoms with E-state index in [9.17, 15) is 0 Å². The molecule has 0 radical (unpaired) electrons. The van der Waals surface area contributed by atoms with Crippen molar-refractivity contribution in [1.29, 1.82) is 0 Å². The first-order chi connectivity index (χ1) is 6.84. The van der Waals surface area contributed by atoms with E-state index in [-0.39, 0.29) is 17.0 Å². The van der Waals surface area contributed by atoms with Crippen molar-refractivity contribution < 1.29 is 40.0 Å². The molecule has 2 rings (SSSR count). The molecule has 1 aliphatic rings. The van der Waals surface area contributed by atoms with Crippen molar-refractivity contribution in [2.24, 2.45) is 0 Å². The zero-order valence-corrected chi connectivity index (χ0v) is 13.3. The Morgan fingerprint density at radius 3 is 2.67 bits per heavy atom. The van der Waals surface area contributed by atoms with Crippen molar-refractivity contribution in [3.05, 3.63) is 29.8 Å². The van der Waals surface area contributed by atoms with Gasteiger partial charge in [0.2, 0.25) is 0 Å². The van der Waals surface area contributed by atoms with Gasteiger partial charge in [0.05, 0.1) is 0 Å². The summed E-state index contributed by atoms with van der Waals surface area (Å²) in [4.78, 5) is 2.46. The van der Waals surface area contributed by atoms with Gasteiger partial charge in [-0.15, -0.1) is 0 Å². The fourth-order valence-electron chi connectivity index (χ4n) is 1.75. The summed E-state index contributed by atoms with van der Waals surface area (Å²) in [7, 11) is 0. The standard InChI is InChI=1S/C11H14NO.BrH.Zn/c1-2-4-11(5-3-1)10-12-6-8-13-9-7-12;;/h1-2,4-5H,6-10H2;1H;/q;;+1/p-1. The van der Waals surface area contributed by atoms with Crippen LogP contribution in [0.15, 0.2) is 24.3 Å². The summed E-state index contributed by atoms with van der Waals surface area (Å²) in [6, 6.07) is 8.89. The molecule has 1 fully saturated rings. The summed E-state index contributed by atoms with van der Waals surface area (Å²) in [5.74, 6) is 0. The van der Waals surface area contributed by atoms with Crippen LogP contribution >= 0.6 is 0 Å².